The zero-order valence-corrected chi connectivity index (χ0v) is 52.4. The Bertz CT molecular complexity index is 4930. The molecule has 0 radical (unpaired) electrons. The van der Waals surface area contributed by atoms with Gasteiger partial charge in [0, 0.05) is 32.7 Å². The van der Waals surface area contributed by atoms with Crippen LogP contribution in [0.25, 0.3) is 94.5 Å². The number of pyridine rings is 1. The van der Waals surface area contributed by atoms with Crippen molar-refractivity contribution >= 4 is 32.8 Å². The highest BCUT2D eigenvalue weighted by Gasteiger charge is 2.29. The van der Waals surface area contributed by atoms with Crippen molar-refractivity contribution in [1.82, 2.24) is 14.1 Å². The minimum Gasteiger partial charge on any atom is -0.458 e. The Labute approximate surface area is 521 Å². The lowest BCUT2D eigenvalue weighted by Gasteiger charge is -2.29. The lowest BCUT2D eigenvalue weighted by atomic mass is 9.77. The van der Waals surface area contributed by atoms with Crippen LogP contribution in [0.4, 0.5) is 0 Å². The third-order valence-electron chi connectivity index (χ3n) is 16.8. The molecule has 432 valence electrons. The molecule has 0 unspecified atom stereocenters. The second kappa shape index (κ2) is 21.3. The summed E-state index contributed by atoms with van der Waals surface area (Å²) in [6.07, 6.45) is 5.32. The van der Waals surface area contributed by atoms with Crippen LogP contribution >= 0.6 is 0 Å². The number of ether oxygens (including phenoxy) is 1. The lowest BCUT2D eigenvalue weighted by molar-refractivity contribution is -0.571. The number of hydrogen-bond acceptors (Lipinski definition) is 2. The summed E-state index contributed by atoms with van der Waals surface area (Å²) in [5, 5.41) is 1.76. The second-order valence-corrected chi connectivity index (χ2v) is 28.3. The van der Waals surface area contributed by atoms with Gasteiger partial charge < -0.3 is 4.74 Å². The van der Waals surface area contributed by atoms with E-state index in [2.05, 4.69) is 222 Å². The van der Waals surface area contributed by atoms with Crippen molar-refractivity contribution in [2.75, 3.05) is 0 Å². The third kappa shape index (κ3) is 11.1. The first-order valence-corrected chi connectivity index (χ1v) is 29.9. The van der Waals surface area contributed by atoms with E-state index < -0.39 is 37.1 Å². The Hall–Kier alpha value is -8.80. The fraction of sp³-hybridized carbons (Fsp3) is 0.259. The molecule has 12 aromatic rings. The molecule has 0 bridgehead atoms. The van der Waals surface area contributed by atoms with Crippen molar-refractivity contribution in [2.45, 2.75) is 138 Å². The van der Waals surface area contributed by atoms with E-state index in [1.54, 1.807) is 0 Å². The van der Waals surface area contributed by atoms with Gasteiger partial charge in [-0.3, -0.25) is 13.7 Å². The van der Waals surface area contributed by atoms with Crippen LogP contribution < -0.4 is 9.30 Å². The molecule has 5 nitrogen and oxygen atoms in total. The minimum absolute atomic E-state index is 0.0166. The normalized spacial score (nSPS) is 14.1. The number of rotatable bonds is 9. The van der Waals surface area contributed by atoms with Crippen molar-refractivity contribution in [2.24, 2.45) is 0 Å². The number of fused-ring (bicyclic) bond motifs is 4. The summed E-state index contributed by atoms with van der Waals surface area (Å²) in [7, 11) is 0. The highest BCUT2D eigenvalue weighted by atomic mass is 16.5. The van der Waals surface area contributed by atoms with Crippen molar-refractivity contribution in [3.8, 4) is 73.2 Å². The van der Waals surface area contributed by atoms with Gasteiger partial charge in [-0.2, -0.15) is 0 Å². The SMILES string of the molecule is [2H]c1c([2H])c([2H])c(-c2cnc(-n3c4ccccc4c4ccc(Oc5cccc(-n6[c-][n+](-c7c(-c8cccc(C(C)(C)C)c8)cc(C(C)(C)C)cc7-c7cc(C(C)(C)C)cc(C(C)(C)C)c7)c7ccc(-c8ccc(C(C)(C)C)cc8)cc76)c5)cc43)cc2C([2H])([2H])[2H])c([2H])c1[2H]. The summed E-state index contributed by atoms with van der Waals surface area (Å²) in [6, 6.07) is 57.1. The van der Waals surface area contributed by atoms with Gasteiger partial charge in [0.1, 0.15) is 17.3 Å². The molecule has 0 spiro atoms. The first-order valence-electron chi connectivity index (χ1n) is 33.9. The van der Waals surface area contributed by atoms with Gasteiger partial charge in [0.05, 0.1) is 40.3 Å². The van der Waals surface area contributed by atoms with Crippen LogP contribution in [0.2, 0.25) is 0 Å². The van der Waals surface area contributed by atoms with Gasteiger partial charge in [0.2, 0.25) is 0 Å². The minimum atomic E-state index is -2.76. The second-order valence-electron chi connectivity index (χ2n) is 28.3. The predicted octanol–water partition coefficient (Wildman–Crippen LogP) is 21.5. The number of para-hydroxylation sites is 1. The molecule has 3 heterocycles. The van der Waals surface area contributed by atoms with E-state index in [0.29, 0.717) is 17.0 Å². The molecule has 0 amide bonds. The summed E-state index contributed by atoms with van der Waals surface area (Å²) in [5.41, 5.74) is 16.8. The maximum absolute atomic E-state index is 8.75. The topological polar surface area (TPSA) is 35.9 Å². The summed E-state index contributed by atoms with van der Waals surface area (Å²) in [4.78, 5) is 4.81. The molecular formula is C81H82N4O. The summed E-state index contributed by atoms with van der Waals surface area (Å²) in [5.74, 6) is 1.33. The molecule has 0 saturated carbocycles. The Morgan fingerprint density at radius 1 is 0.442 bits per heavy atom. The van der Waals surface area contributed by atoms with E-state index in [9.17, 15) is 0 Å². The van der Waals surface area contributed by atoms with Gasteiger partial charge in [-0.25, -0.2) is 4.98 Å². The number of aryl methyl sites for hydroxylation is 1. The molecular weight excluding hydrogens is 1040 g/mol. The molecule has 0 atom stereocenters. The average Bonchev–Trinajstić information content (AvgIpc) is 1.35. The van der Waals surface area contributed by atoms with E-state index >= 15 is 0 Å². The Morgan fingerprint density at radius 2 is 1.05 bits per heavy atom. The fourth-order valence-electron chi connectivity index (χ4n) is 11.6. The van der Waals surface area contributed by atoms with E-state index in [1.807, 2.05) is 65.2 Å². The fourth-order valence-corrected chi connectivity index (χ4v) is 11.6. The van der Waals surface area contributed by atoms with Crippen LogP contribution in [0, 0.1) is 13.2 Å². The molecule has 86 heavy (non-hydrogen) atoms. The summed E-state index contributed by atoms with van der Waals surface area (Å²) < 4.78 is 81.9. The molecule has 0 aliphatic heterocycles. The van der Waals surface area contributed by atoms with Crippen molar-refractivity contribution in [1.29, 1.82) is 0 Å². The van der Waals surface area contributed by atoms with Gasteiger partial charge in [-0.1, -0.05) is 249 Å². The highest BCUT2D eigenvalue weighted by Crippen LogP contribution is 2.44. The van der Waals surface area contributed by atoms with Crippen LogP contribution in [-0.2, 0) is 27.1 Å². The van der Waals surface area contributed by atoms with Crippen LogP contribution in [0.15, 0.2) is 206 Å². The monoisotopic (exact) mass is 1130 g/mol. The lowest BCUT2D eigenvalue weighted by Crippen LogP contribution is -2.32. The molecule has 0 aliphatic carbocycles. The van der Waals surface area contributed by atoms with Crippen molar-refractivity contribution in [3.05, 3.63) is 246 Å². The molecule has 9 aromatic carbocycles. The number of nitrogens with zero attached hydrogens (tertiary/aromatic N) is 4. The molecule has 5 heteroatoms. The van der Waals surface area contributed by atoms with Crippen LogP contribution in [0.1, 0.15) is 148 Å². The van der Waals surface area contributed by atoms with E-state index in [0.717, 1.165) is 72.1 Å². The Morgan fingerprint density at radius 3 is 1.72 bits per heavy atom. The van der Waals surface area contributed by atoms with Crippen LogP contribution in [0.5, 0.6) is 11.5 Å². The van der Waals surface area contributed by atoms with Gasteiger partial charge in [-0.15, -0.1) is 0 Å². The summed E-state index contributed by atoms with van der Waals surface area (Å²) >= 11 is 0. The number of hydrogen-bond donors (Lipinski definition) is 0. The quantitative estimate of drug-likeness (QED) is 0.107. The first-order chi connectivity index (χ1) is 43.9. The Balaban J connectivity index is 1.07. The molecule has 0 N–H and O–H groups in total. The third-order valence-corrected chi connectivity index (χ3v) is 16.8. The molecule has 12 rings (SSSR count). The van der Waals surface area contributed by atoms with E-state index in [1.165, 1.54) is 40.1 Å². The molecule has 0 aliphatic rings. The van der Waals surface area contributed by atoms with Crippen molar-refractivity contribution in [3.63, 3.8) is 0 Å². The average molecular weight is 1140 g/mol. The number of imidazole rings is 1. The largest absolute Gasteiger partial charge is 0.458 e. The zero-order valence-electron chi connectivity index (χ0n) is 60.4. The van der Waals surface area contributed by atoms with Crippen LogP contribution in [-0.4, -0.2) is 14.1 Å². The molecule has 0 saturated heterocycles. The van der Waals surface area contributed by atoms with Gasteiger partial charge in [0.25, 0.3) is 6.33 Å². The molecule has 0 fully saturated rings. The number of benzene rings is 9. The highest BCUT2D eigenvalue weighted by molar-refractivity contribution is 6.09. The van der Waals surface area contributed by atoms with E-state index in [-0.39, 0.29) is 49.6 Å². The maximum atomic E-state index is 8.75. The summed E-state index contributed by atoms with van der Waals surface area (Å²) in [6.45, 7) is 31.4. The first kappa shape index (κ1) is 48.4. The predicted molar refractivity (Wildman–Crippen MR) is 362 cm³/mol. The smallest absolute Gasteiger partial charge is 0.269 e. The van der Waals surface area contributed by atoms with Gasteiger partial charge in [0.15, 0.2) is 0 Å². The standard InChI is InChI=1S/C81H82N4O/c1-52-40-75(82-50-70(52)54-24-18-17-19-25-54)85-71-31-21-20-30-66(71)67-38-37-65(49-73(67)85)86-64-29-23-28-63(48-64)83-51-84(72-39-34-55(44-74(72)83)53-32-35-58(36-33-53)77(2,3)4)76-68(56-26-22-27-59(41-56)78(5,6)7)46-62(81(14,15)16)47-69(76)57-42-60(79(8,9)10)45-61(43-57)80(11,12)13/h17-50H,1-16H3/i1D3,17D,18D,19D,24D,25D. The number of aromatic nitrogens is 4. The van der Waals surface area contributed by atoms with Crippen molar-refractivity contribution < 1.29 is 20.3 Å². The Kier molecular flexibility index (Phi) is 12.0. The van der Waals surface area contributed by atoms with E-state index in [4.69, 9.17) is 20.7 Å². The van der Waals surface area contributed by atoms with Crippen LogP contribution in [0.3, 0.4) is 0 Å². The maximum Gasteiger partial charge on any atom is 0.269 e. The van der Waals surface area contributed by atoms with Gasteiger partial charge in [-0.05, 0) is 155 Å². The molecule has 3 aromatic heterocycles. The van der Waals surface area contributed by atoms with Gasteiger partial charge >= 0.3 is 0 Å². The zero-order chi connectivity index (χ0) is 67.7.